The maximum absolute atomic E-state index is 11.6. The van der Waals surface area contributed by atoms with Gasteiger partial charge in [-0.2, -0.15) is 0 Å². The Labute approximate surface area is 173 Å². The van der Waals surface area contributed by atoms with Crippen LogP contribution in [0.25, 0.3) is 0 Å². The maximum atomic E-state index is 11.6. The number of benzene rings is 1. The van der Waals surface area contributed by atoms with Gasteiger partial charge in [0.2, 0.25) is 5.91 Å². The van der Waals surface area contributed by atoms with E-state index in [1.807, 2.05) is 25.1 Å². The van der Waals surface area contributed by atoms with E-state index in [2.05, 4.69) is 27.0 Å². The highest BCUT2D eigenvalue weighted by molar-refractivity contribution is 14.0. The lowest BCUT2D eigenvalue weighted by Gasteiger charge is -2.14. The average molecular weight is 474 g/mol. The third-order valence-corrected chi connectivity index (χ3v) is 4.03. The van der Waals surface area contributed by atoms with Crippen LogP contribution in [0.4, 0.5) is 0 Å². The molecule has 0 radical (unpaired) electrons. The molecule has 0 unspecified atom stereocenters. The normalized spacial score (nSPS) is 13.5. The topological polar surface area (TPSA) is 74.8 Å². The van der Waals surface area contributed by atoms with Crippen molar-refractivity contribution in [1.29, 1.82) is 0 Å². The zero-order chi connectivity index (χ0) is 17.9. The van der Waals surface area contributed by atoms with Gasteiger partial charge in [-0.3, -0.25) is 9.79 Å². The second-order valence-electron chi connectivity index (χ2n) is 6.31. The van der Waals surface area contributed by atoms with E-state index in [1.54, 1.807) is 7.05 Å². The predicted molar refractivity (Wildman–Crippen MR) is 116 cm³/mol. The molecule has 1 saturated carbocycles. The number of nitrogens with zero attached hydrogens (tertiary/aromatic N) is 1. The number of aliphatic imine (C=N–C) groups is 1. The van der Waals surface area contributed by atoms with Gasteiger partial charge in [0.1, 0.15) is 5.75 Å². The van der Waals surface area contributed by atoms with E-state index in [9.17, 15) is 4.79 Å². The molecule has 0 heterocycles. The maximum Gasteiger partial charge on any atom is 0.221 e. The van der Waals surface area contributed by atoms with Gasteiger partial charge in [0.05, 0.1) is 6.61 Å². The number of nitrogens with one attached hydrogen (secondary N) is 3. The Hall–Kier alpha value is -1.51. The predicted octanol–water partition coefficient (Wildman–Crippen LogP) is 2.67. The number of amides is 1. The van der Waals surface area contributed by atoms with Crippen molar-refractivity contribution in [3.8, 4) is 5.75 Å². The molecule has 2 rings (SSSR count). The van der Waals surface area contributed by atoms with Crippen LogP contribution in [-0.4, -0.2) is 38.6 Å². The molecule has 7 heteroatoms. The summed E-state index contributed by atoms with van der Waals surface area (Å²) in [6.45, 7) is 4.74. The largest absolute Gasteiger partial charge is 0.493 e. The third kappa shape index (κ3) is 8.73. The second-order valence-corrected chi connectivity index (χ2v) is 6.31. The molecule has 1 aliphatic rings. The fourth-order valence-corrected chi connectivity index (χ4v) is 2.33. The van der Waals surface area contributed by atoms with Gasteiger partial charge >= 0.3 is 0 Å². The summed E-state index contributed by atoms with van der Waals surface area (Å²) < 4.78 is 5.92. The highest BCUT2D eigenvalue weighted by Gasteiger charge is 2.22. The summed E-state index contributed by atoms with van der Waals surface area (Å²) in [5.41, 5.74) is 1.10. The number of halogens is 1. The van der Waals surface area contributed by atoms with Crippen molar-refractivity contribution in [2.75, 3.05) is 26.7 Å². The van der Waals surface area contributed by atoms with Crippen LogP contribution in [0.2, 0.25) is 0 Å². The standard InChI is InChI=1S/C19H30N4O2.HI/c1-3-11-21-18(24)10-12-22-19(20-2)23-13-16-6-4-5-7-17(16)25-14-15-8-9-15;/h4-7,15H,3,8-14H2,1-2H3,(H,21,24)(H2,20,22,23);1H. The molecule has 1 aromatic carbocycles. The highest BCUT2D eigenvalue weighted by Crippen LogP contribution is 2.30. The molecule has 1 fully saturated rings. The summed E-state index contributed by atoms with van der Waals surface area (Å²) in [5.74, 6) is 2.40. The summed E-state index contributed by atoms with van der Waals surface area (Å²) in [6.07, 6.45) is 3.94. The van der Waals surface area contributed by atoms with Gasteiger partial charge in [0, 0.05) is 38.7 Å². The molecular formula is C19H31IN4O2. The molecule has 1 amide bonds. The summed E-state index contributed by atoms with van der Waals surface area (Å²) in [7, 11) is 1.72. The van der Waals surface area contributed by atoms with Crippen LogP contribution in [0.15, 0.2) is 29.3 Å². The number of ether oxygens (including phenoxy) is 1. The first-order valence-corrected chi connectivity index (χ1v) is 9.14. The number of carbonyl (C=O) groups is 1. The summed E-state index contributed by atoms with van der Waals surface area (Å²) >= 11 is 0. The number of hydrogen-bond acceptors (Lipinski definition) is 3. The lowest BCUT2D eigenvalue weighted by Crippen LogP contribution is -2.39. The van der Waals surface area contributed by atoms with E-state index < -0.39 is 0 Å². The smallest absolute Gasteiger partial charge is 0.221 e. The minimum absolute atomic E-state index is 0. The SMILES string of the molecule is CCCNC(=O)CCNC(=NC)NCc1ccccc1OCC1CC1.I. The Balaban J connectivity index is 0.00000338. The minimum atomic E-state index is 0. The fourth-order valence-electron chi connectivity index (χ4n) is 2.33. The first-order chi connectivity index (χ1) is 12.2. The van der Waals surface area contributed by atoms with Crippen LogP contribution in [0.3, 0.4) is 0 Å². The van der Waals surface area contributed by atoms with E-state index in [4.69, 9.17) is 4.74 Å². The van der Waals surface area contributed by atoms with Crippen molar-refractivity contribution in [3.05, 3.63) is 29.8 Å². The first-order valence-electron chi connectivity index (χ1n) is 9.14. The van der Waals surface area contributed by atoms with E-state index in [0.29, 0.717) is 25.5 Å². The van der Waals surface area contributed by atoms with Crippen molar-refractivity contribution >= 4 is 35.8 Å². The minimum Gasteiger partial charge on any atom is -0.493 e. The number of guanidine groups is 1. The molecule has 1 aromatic rings. The van der Waals surface area contributed by atoms with Gasteiger partial charge in [-0.25, -0.2) is 0 Å². The molecule has 1 aliphatic carbocycles. The van der Waals surface area contributed by atoms with Gasteiger partial charge in [-0.15, -0.1) is 24.0 Å². The lowest BCUT2D eigenvalue weighted by atomic mass is 10.2. The summed E-state index contributed by atoms with van der Waals surface area (Å²) in [5, 5.41) is 9.30. The van der Waals surface area contributed by atoms with E-state index in [0.717, 1.165) is 36.8 Å². The third-order valence-electron chi connectivity index (χ3n) is 4.03. The van der Waals surface area contributed by atoms with Crippen LogP contribution < -0.4 is 20.7 Å². The Morgan fingerprint density at radius 1 is 1.19 bits per heavy atom. The van der Waals surface area contributed by atoms with Crippen molar-refractivity contribution < 1.29 is 9.53 Å². The summed E-state index contributed by atoms with van der Waals surface area (Å²) in [6, 6.07) is 8.07. The molecule has 6 nitrogen and oxygen atoms in total. The quantitative estimate of drug-likeness (QED) is 0.277. The van der Waals surface area contributed by atoms with Crippen LogP contribution in [0, 0.1) is 5.92 Å². The van der Waals surface area contributed by atoms with Crippen molar-refractivity contribution in [2.24, 2.45) is 10.9 Å². The Morgan fingerprint density at radius 3 is 2.65 bits per heavy atom. The van der Waals surface area contributed by atoms with Crippen LogP contribution in [-0.2, 0) is 11.3 Å². The van der Waals surface area contributed by atoms with Gasteiger partial charge in [0.25, 0.3) is 0 Å². The van der Waals surface area contributed by atoms with Crippen molar-refractivity contribution in [2.45, 2.75) is 39.2 Å². The Bertz CT molecular complexity index is 576. The number of carbonyl (C=O) groups excluding carboxylic acids is 1. The second kappa shape index (κ2) is 12.8. The Kier molecular flexibility index (Phi) is 11.1. The monoisotopic (exact) mass is 474 g/mol. The lowest BCUT2D eigenvalue weighted by molar-refractivity contribution is -0.120. The molecule has 146 valence electrons. The van der Waals surface area contributed by atoms with Gasteiger partial charge in [0.15, 0.2) is 5.96 Å². The molecule has 3 N–H and O–H groups in total. The van der Waals surface area contributed by atoms with Crippen molar-refractivity contribution in [1.82, 2.24) is 16.0 Å². The van der Waals surface area contributed by atoms with E-state index in [-0.39, 0.29) is 29.9 Å². The first kappa shape index (κ1) is 22.5. The van der Waals surface area contributed by atoms with Gasteiger partial charge < -0.3 is 20.7 Å². The summed E-state index contributed by atoms with van der Waals surface area (Å²) in [4.78, 5) is 15.8. The highest BCUT2D eigenvalue weighted by atomic mass is 127. The molecule has 0 bridgehead atoms. The molecule has 26 heavy (non-hydrogen) atoms. The zero-order valence-corrected chi connectivity index (χ0v) is 18.0. The molecule has 0 aromatic heterocycles. The fraction of sp³-hybridized carbons (Fsp3) is 0.579. The molecule has 0 aliphatic heterocycles. The van der Waals surface area contributed by atoms with Gasteiger partial charge in [-0.05, 0) is 31.2 Å². The molecule has 0 spiro atoms. The molecular weight excluding hydrogens is 443 g/mol. The average Bonchev–Trinajstić information content (AvgIpc) is 3.46. The molecule has 0 saturated heterocycles. The Morgan fingerprint density at radius 2 is 1.96 bits per heavy atom. The van der Waals surface area contributed by atoms with E-state index >= 15 is 0 Å². The van der Waals surface area contributed by atoms with Crippen LogP contribution in [0.1, 0.15) is 38.2 Å². The number of hydrogen-bond donors (Lipinski definition) is 3. The van der Waals surface area contributed by atoms with E-state index in [1.165, 1.54) is 12.8 Å². The van der Waals surface area contributed by atoms with Crippen molar-refractivity contribution in [3.63, 3.8) is 0 Å². The van der Waals surface area contributed by atoms with Crippen LogP contribution in [0.5, 0.6) is 5.75 Å². The number of para-hydroxylation sites is 1. The van der Waals surface area contributed by atoms with Crippen LogP contribution >= 0.6 is 24.0 Å². The molecule has 0 atom stereocenters. The number of rotatable bonds is 10. The zero-order valence-electron chi connectivity index (χ0n) is 15.7. The van der Waals surface area contributed by atoms with Gasteiger partial charge in [-0.1, -0.05) is 25.1 Å².